The number of nitrogens with two attached hydrogens (primary N) is 2. The van der Waals surface area contributed by atoms with Crippen LogP contribution in [0.25, 0.3) is 21.3 Å². The lowest BCUT2D eigenvalue weighted by Gasteiger charge is -2.15. The molecule has 3 aromatic rings. The highest BCUT2D eigenvalue weighted by atomic mass is 32.1. The van der Waals surface area contributed by atoms with Crippen molar-refractivity contribution in [1.82, 2.24) is 10.3 Å². The predicted molar refractivity (Wildman–Crippen MR) is 127 cm³/mol. The fourth-order valence-corrected chi connectivity index (χ4v) is 5.34. The number of nitrogens with one attached hydrogen (secondary N) is 1. The summed E-state index contributed by atoms with van der Waals surface area (Å²) in [5, 5.41) is 13.6. The topological polar surface area (TPSA) is 118 Å². The molecule has 1 amide bonds. The molecule has 1 aliphatic rings. The van der Waals surface area contributed by atoms with Crippen molar-refractivity contribution in [3.05, 3.63) is 40.3 Å². The maximum Gasteiger partial charge on any atom is 0.263 e. The molecule has 0 bridgehead atoms. The molecule has 1 fully saturated rings. The molecule has 5 N–H and O–H groups in total. The molecule has 1 aromatic carbocycles. The lowest BCUT2D eigenvalue weighted by atomic mass is 9.96. The van der Waals surface area contributed by atoms with Crippen molar-refractivity contribution in [1.29, 1.82) is 5.26 Å². The number of anilines is 2. The molecule has 0 atom stereocenters. The van der Waals surface area contributed by atoms with Crippen molar-refractivity contribution >= 4 is 39.0 Å². The molecule has 160 valence electrons. The first kappa shape index (κ1) is 21.1. The lowest BCUT2D eigenvalue weighted by molar-refractivity contribution is 0.0938. The van der Waals surface area contributed by atoms with Crippen LogP contribution in [0.1, 0.15) is 66.2 Å². The molecule has 31 heavy (non-hydrogen) atoms. The Kier molecular flexibility index (Phi) is 6.10. The quantitative estimate of drug-likeness (QED) is 0.500. The number of fused-ring (bicyclic) bond motifs is 1. The highest BCUT2D eigenvalue weighted by molar-refractivity contribution is 7.21. The van der Waals surface area contributed by atoms with Gasteiger partial charge in [0.05, 0.1) is 5.69 Å². The number of nitrogens with zero attached hydrogens (tertiary/aromatic N) is 2. The van der Waals surface area contributed by atoms with E-state index in [1.54, 1.807) is 0 Å². The van der Waals surface area contributed by atoms with Gasteiger partial charge in [-0.05, 0) is 30.4 Å². The van der Waals surface area contributed by atoms with E-state index in [9.17, 15) is 10.1 Å². The van der Waals surface area contributed by atoms with Gasteiger partial charge < -0.3 is 16.8 Å². The van der Waals surface area contributed by atoms with Gasteiger partial charge in [0.25, 0.3) is 5.91 Å². The minimum atomic E-state index is -0.170. The number of nitriles is 1. The van der Waals surface area contributed by atoms with Crippen molar-refractivity contribution in [3.63, 3.8) is 0 Å². The van der Waals surface area contributed by atoms with Crippen molar-refractivity contribution in [2.45, 2.75) is 57.9 Å². The van der Waals surface area contributed by atoms with Crippen LogP contribution in [0.4, 0.5) is 11.5 Å². The van der Waals surface area contributed by atoms with Crippen LogP contribution >= 0.6 is 11.3 Å². The van der Waals surface area contributed by atoms with Crippen LogP contribution in [0.5, 0.6) is 0 Å². The third-order valence-corrected chi connectivity index (χ3v) is 7.16. The third-order valence-electron chi connectivity index (χ3n) is 6.06. The number of rotatable bonds is 4. The number of carbonyl (C=O) groups is 1. The van der Waals surface area contributed by atoms with E-state index in [1.165, 1.54) is 29.7 Å². The molecule has 6 nitrogen and oxygen atoms in total. The molecule has 0 aliphatic heterocycles. The van der Waals surface area contributed by atoms with E-state index in [1.807, 2.05) is 24.3 Å². The Labute approximate surface area is 186 Å². The van der Waals surface area contributed by atoms with Gasteiger partial charge in [-0.25, -0.2) is 4.98 Å². The van der Waals surface area contributed by atoms with Crippen molar-refractivity contribution < 1.29 is 4.79 Å². The minimum Gasteiger partial charge on any atom is -0.397 e. The Hall–Kier alpha value is -3.11. The van der Waals surface area contributed by atoms with Gasteiger partial charge in [0.15, 0.2) is 0 Å². The number of hydrogen-bond acceptors (Lipinski definition) is 6. The highest BCUT2D eigenvalue weighted by Gasteiger charge is 2.25. The van der Waals surface area contributed by atoms with Gasteiger partial charge >= 0.3 is 0 Å². The number of benzene rings is 1. The average Bonchev–Trinajstić information content (AvgIpc) is 2.93. The van der Waals surface area contributed by atoms with Crippen LogP contribution in [0.15, 0.2) is 24.3 Å². The highest BCUT2D eigenvalue weighted by Crippen LogP contribution is 2.42. The second-order valence-electron chi connectivity index (χ2n) is 8.10. The fourth-order valence-electron chi connectivity index (χ4n) is 4.32. The maximum absolute atomic E-state index is 13.1. The van der Waals surface area contributed by atoms with Gasteiger partial charge in [0.1, 0.15) is 27.2 Å². The van der Waals surface area contributed by atoms with Gasteiger partial charge in [0, 0.05) is 17.0 Å². The van der Waals surface area contributed by atoms with Crippen LogP contribution in [0, 0.1) is 11.3 Å². The summed E-state index contributed by atoms with van der Waals surface area (Å²) in [4.78, 5) is 18.5. The second kappa shape index (κ2) is 8.94. The zero-order chi connectivity index (χ0) is 22.0. The molecular weight excluding hydrogens is 406 g/mol. The summed E-state index contributed by atoms with van der Waals surface area (Å²) in [6, 6.07) is 10.4. The average molecular weight is 434 g/mol. The standard InChI is InChI=1S/C24H27N5OS/c1-2-14-9-11-15(12-10-14)18-17(13-25)22(27)29-24-19(18)20(26)21(31-24)23(30)28-16-7-5-3-4-6-8-16/h9-12,16H,2-8,26H2,1H3,(H2,27,29)(H,28,30). The van der Waals surface area contributed by atoms with E-state index in [4.69, 9.17) is 11.5 Å². The summed E-state index contributed by atoms with van der Waals surface area (Å²) in [6.45, 7) is 2.09. The minimum absolute atomic E-state index is 0.154. The molecule has 1 saturated carbocycles. The number of nitrogen functional groups attached to an aromatic ring is 2. The Morgan fingerprint density at radius 3 is 2.48 bits per heavy atom. The Morgan fingerprint density at radius 1 is 1.19 bits per heavy atom. The number of thiophene rings is 1. The van der Waals surface area contributed by atoms with E-state index >= 15 is 0 Å². The molecule has 1 aliphatic carbocycles. The molecule has 7 heteroatoms. The normalized spacial score (nSPS) is 14.8. The summed E-state index contributed by atoms with van der Waals surface area (Å²) in [7, 11) is 0. The number of hydrogen-bond donors (Lipinski definition) is 3. The molecule has 0 radical (unpaired) electrons. The van der Waals surface area contributed by atoms with Crippen LogP contribution < -0.4 is 16.8 Å². The van der Waals surface area contributed by atoms with Gasteiger partial charge in [-0.1, -0.05) is 56.9 Å². The second-order valence-corrected chi connectivity index (χ2v) is 9.10. The largest absolute Gasteiger partial charge is 0.397 e. The predicted octanol–water partition coefficient (Wildman–Crippen LogP) is 5.01. The van der Waals surface area contributed by atoms with Gasteiger partial charge in [-0.2, -0.15) is 5.26 Å². The van der Waals surface area contributed by atoms with Crippen molar-refractivity contribution in [2.24, 2.45) is 0 Å². The first-order chi connectivity index (χ1) is 15.0. The van der Waals surface area contributed by atoms with Gasteiger partial charge in [0.2, 0.25) is 0 Å². The summed E-state index contributed by atoms with van der Waals surface area (Å²) in [5.74, 6) is -0.0155. The zero-order valence-electron chi connectivity index (χ0n) is 17.7. The van der Waals surface area contributed by atoms with Crippen LogP contribution in [-0.4, -0.2) is 16.9 Å². The summed E-state index contributed by atoms with van der Waals surface area (Å²) >= 11 is 1.24. The molecule has 4 rings (SSSR count). The van der Waals surface area contributed by atoms with Gasteiger partial charge in [-0.3, -0.25) is 4.79 Å². The molecular formula is C24H27N5OS. The third kappa shape index (κ3) is 4.08. The Morgan fingerprint density at radius 2 is 1.87 bits per heavy atom. The molecule has 2 heterocycles. The summed E-state index contributed by atoms with van der Waals surface area (Å²) < 4.78 is 0. The number of aromatic nitrogens is 1. The summed E-state index contributed by atoms with van der Waals surface area (Å²) in [5.41, 5.74) is 16.0. The SMILES string of the molecule is CCc1ccc(-c2c(C#N)c(N)nc3sc(C(=O)NC4CCCCCC4)c(N)c23)cc1. The smallest absolute Gasteiger partial charge is 0.263 e. The number of amides is 1. The lowest BCUT2D eigenvalue weighted by Crippen LogP contribution is -2.34. The van der Waals surface area contributed by atoms with Crippen LogP contribution in [-0.2, 0) is 6.42 Å². The fraction of sp³-hybridized carbons (Fsp3) is 0.375. The van der Waals surface area contributed by atoms with E-state index in [2.05, 4.69) is 23.3 Å². The van der Waals surface area contributed by atoms with E-state index in [0.29, 0.717) is 26.3 Å². The Balaban J connectivity index is 1.80. The molecule has 0 unspecified atom stereocenters. The first-order valence-electron chi connectivity index (χ1n) is 10.8. The van der Waals surface area contributed by atoms with E-state index in [-0.39, 0.29) is 23.3 Å². The number of pyridine rings is 1. The van der Waals surface area contributed by atoms with E-state index < -0.39 is 0 Å². The van der Waals surface area contributed by atoms with E-state index in [0.717, 1.165) is 37.7 Å². The van der Waals surface area contributed by atoms with Crippen molar-refractivity contribution in [2.75, 3.05) is 11.5 Å². The van der Waals surface area contributed by atoms with Crippen LogP contribution in [0.2, 0.25) is 0 Å². The zero-order valence-corrected chi connectivity index (χ0v) is 18.5. The number of aryl methyl sites for hydroxylation is 1. The Bertz CT molecular complexity index is 1150. The van der Waals surface area contributed by atoms with Crippen molar-refractivity contribution in [3.8, 4) is 17.2 Å². The summed E-state index contributed by atoms with van der Waals surface area (Å²) in [6.07, 6.45) is 7.62. The first-order valence-corrected chi connectivity index (χ1v) is 11.7. The monoisotopic (exact) mass is 433 g/mol. The van der Waals surface area contributed by atoms with Gasteiger partial charge in [-0.15, -0.1) is 11.3 Å². The molecule has 2 aromatic heterocycles. The molecule has 0 saturated heterocycles. The number of carbonyl (C=O) groups excluding carboxylic acids is 1. The van der Waals surface area contributed by atoms with Crippen LogP contribution in [0.3, 0.4) is 0 Å². The molecule has 0 spiro atoms. The maximum atomic E-state index is 13.1.